The van der Waals surface area contributed by atoms with Crippen LogP contribution in [-0.4, -0.2) is 0 Å². The molecule has 0 atom stereocenters. The molecule has 168 valence electrons. The molecule has 0 unspecified atom stereocenters. The Balaban J connectivity index is 1.19. The molecule has 3 aromatic rings. The summed E-state index contributed by atoms with van der Waals surface area (Å²) in [6.45, 7) is 2.21. The molecule has 1 saturated carbocycles. The normalized spacial score (nSPS) is 18.6. The Morgan fingerprint density at radius 2 is 1.16 bits per heavy atom. The molecule has 0 spiro atoms. The summed E-state index contributed by atoms with van der Waals surface area (Å²) in [6, 6.07) is 22.8. The van der Waals surface area contributed by atoms with Crippen LogP contribution in [0.3, 0.4) is 0 Å². The van der Waals surface area contributed by atoms with Crippen molar-refractivity contribution < 1.29 is 4.39 Å². The maximum Gasteiger partial charge on any atom is 0.142 e. The van der Waals surface area contributed by atoms with E-state index in [1.54, 1.807) is 6.07 Å². The molecule has 0 saturated heterocycles. The number of halogens is 2. The van der Waals surface area contributed by atoms with E-state index in [2.05, 4.69) is 55.5 Å². The van der Waals surface area contributed by atoms with Crippen molar-refractivity contribution in [1.82, 2.24) is 0 Å². The van der Waals surface area contributed by atoms with Crippen molar-refractivity contribution in [2.45, 2.75) is 64.7 Å². The van der Waals surface area contributed by atoms with E-state index in [-0.39, 0.29) is 10.8 Å². The van der Waals surface area contributed by atoms with Gasteiger partial charge in [0.25, 0.3) is 0 Å². The van der Waals surface area contributed by atoms with Gasteiger partial charge in [0, 0.05) is 0 Å². The predicted molar refractivity (Wildman–Crippen MR) is 135 cm³/mol. The molecule has 1 fully saturated rings. The Kier molecular flexibility index (Phi) is 8.03. The highest BCUT2D eigenvalue weighted by Gasteiger charge is 2.21. The molecule has 3 aromatic carbocycles. The summed E-state index contributed by atoms with van der Waals surface area (Å²) in [6.07, 6.45) is 11.6. The van der Waals surface area contributed by atoms with Gasteiger partial charge in [0.1, 0.15) is 5.82 Å². The Labute approximate surface area is 197 Å². The first kappa shape index (κ1) is 23.1. The van der Waals surface area contributed by atoms with Gasteiger partial charge in [0.15, 0.2) is 0 Å². The first-order chi connectivity index (χ1) is 15.6. The molecule has 1 aliphatic rings. The molecule has 0 bridgehead atoms. The van der Waals surface area contributed by atoms with E-state index in [9.17, 15) is 4.39 Å². The Morgan fingerprint density at radius 3 is 1.66 bits per heavy atom. The van der Waals surface area contributed by atoms with Crippen molar-refractivity contribution >= 4 is 11.6 Å². The summed E-state index contributed by atoms with van der Waals surface area (Å²) in [4.78, 5) is 0. The topological polar surface area (TPSA) is 0 Å². The van der Waals surface area contributed by atoms with Crippen LogP contribution >= 0.6 is 11.6 Å². The monoisotopic (exact) mass is 448 g/mol. The number of hydrogen-bond donors (Lipinski definition) is 0. The van der Waals surface area contributed by atoms with Gasteiger partial charge in [-0.25, -0.2) is 4.39 Å². The third-order valence-corrected chi connectivity index (χ3v) is 7.59. The summed E-state index contributed by atoms with van der Waals surface area (Å²) < 4.78 is 13.7. The summed E-state index contributed by atoms with van der Waals surface area (Å²) >= 11 is 5.80. The van der Waals surface area contributed by atoms with Crippen LogP contribution in [0.2, 0.25) is 5.02 Å². The lowest BCUT2D eigenvalue weighted by atomic mass is 9.77. The lowest BCUT2D eigenvalue weighted by molar-refractivity contribution is 0.253. The summed E-state index contributed by atoms with van der Waals surface area (Å²) in [7, 11) is 0. The molecule has 32 heavy (non-hydrogen) atoms. The van der Waals surface area contributed by atoms with E-state index in [1.807, 2.05) is 6.07 Å². The number of hydrogen-bond acceptors (Lipinski definition) is 0. The molecule has 0 radical (unpaired) electrons. The predicted octanol–water partition coefficient (Wildman–Crippen LogP) is 9.08. The van der Waals surface area contributed by atoms with Crippen LogP contribution < -0.4 is 0 Å². The molecule has 0 aromatic heterocycles. The molecule has 0 heterocycles. The Bertz CT molecular complexity index is 982. The van der Waals surface area contributed by atoms with Crippen molar-refractivity contribution in [2.75, 3.05) is 0 Å². The second kappa shape index (κ2) is 11.1. The number of benzene rings is 3. The fourth-order valence-electron chi connectivity index (χ4n) is 5.03. The highest BCUT2D eigenvalue weighted by Crippen LogP contribution is 2.34. The first-order valence-corrected chi connectivity index (χ1v) is 12.6. The molecule has 4 rings (SSSR count). The zero-order valence-corrected chi connectivity index (χ0v) is 19.9. The SMILES string of the molecule is CCc1ccc(CC[C@H]2CC[C@H](CCc3ccc(-c4ccc(Cl)c(F)c4)cc3)CC2)cc1. The van der Waals surface area contributed by atoms with Crippen LogP contribution in [0.4, 0.5) is 4.39 Å². The summed E-state index contributed by atoms with van der Waals surface area (Å²) in [5, 5.41) is 0.172. The van der Waals surface area contributed by atoms with E-state index in [0.29, 0.717) is 0 Å². The molecule has 1 aliphatic carbocycles. The number of aryl methyl sites for hydroxylation is 3. The number of rotatable bonds is 8. The van der Waals surface area contributed by atoms with Crippen molar-refractivity contribution in [3.63, 3.8) is 0 Å². The van der Waals surface area contributed by atoms with Gasteiger partial charge in [0.05, 0.1) is 5.02 Å². The highest BCUT2D eigenvalue weighted by molar-refractivity contribution is 6.30. The zero-order valence-electron chi connectivity index (χ0n) is 19.1. The average Bonchev–Trinajstić information content (AvgIpc) is 2.84. The van der Waals surface area contributed by atoms with Gasteiger partial charge in [-0.1, -0.05) is 98.8 Å². The van der Waals surface area contributed by atoms with E-state index >= 15 is 0 Å². The molecular weight excluding hydrogens is 415 g/mol. The van der Waals surface area contributed by atoms with Crippen LogP contribution in [-0.2, 0) is 19.3 Å². The Hall–Kier alpha value is -2.12. The van der Waals surface area contributed by atoms with Gasteiger partial charge >= 0.3 is 0 Å². The highest BCUT2D eigenvalue weighted by atomic mass is 35.5. The van der Waals surface area contributed by atoms with Crippen LogP contribution in [0.1, 0.15) is 62.1 Å². The van der Waals surface area contributed by atoms with Gasteiger partial charge in [-0.3, -0.25) is 0 Å². The van der Waals surface area contributed by atoms with E-state index in [0.717, 1.165) is 35.8 Å². The van der Waals surface area contributed by atoms with Crippen LogP contribution in [0.15, 0.2) is 66.7 Å². The molecule has 0 nitrogen and oxygen atoms in total. The molecule has 0 N–H and O–H groups in total. The lowest BCUT2D eigenvalue weighted by Crippen LogP contribution is -2.15. The van der Waals surface area contributed by atoms with Crippen molar-refractivity contribution in [2.24, 2.45) is 11.8 Å². The first-order valence-electron chi connectivity index (χ1n) is 12.2. The summed E-state index contributed by atoms with van der Waals surface area (Å²) in [5.41, 5.74) is 6.21. The second-order valence-electron chi connectivity index (χ2n) is 9.46. The molecule has 0 aliphatic heterocycles. The van der Waals surface area contributed by atoms with Gasteiger partial charge in [-0.15, -0.1) is 0 Å². The molecule has 2 heteroatoms. The van der Waals surface area contributed by atoms with Crippen molar-refractivity contribution in [3.05, 3.63) is 94.3 Å². The smallest absolute Gasteiger partial charge is 0.142 e. The third-order valence-electron chi connectivity index (χ3n) is 7.29. The van der Waals surface area contributed by atoms with Gasteiger partial charge in [-0.2, -0.15) is 0 Å². The standard InChI is InChI=1S/C30H34ClF/c1-2-22-3-5-23(6-4-22)7-8-24-9-11-25(12-10-24)13-14-26-15-17-27(18-16-26)28-19-20-29(31)30(32)21-28/h3-6,15-21,24-25H,2,7-14H2,1H3/t24-,25-. The van der Waals surface area contributed by atoms with Crippen LogP contribution in [0.5, 0.6) is 0 Å². The fraction of sp³-hybridized carbons (Fsp3) is 0.400. The summed E-state index contributed by atoms with van der Waals surface area (Å²) in [5.74, 6) is 1.40. The lowest BCUT2D eigenvalue weighted by Gasteiger charge is -2.28. The maximum atomic E-state index is 13.7. The van der Waals surface area contributed by atoms with E-state index in [4.69, 9.17) is 11.6 Å². The maximum absolute atomic E-state index is 13.7. The zero-order chi connectivity index (χ0) is 22.3. The van der Waals surface area contributed by atoms with E-state index < -0.39 is 0 Å². The second-order valence-corrected chi connectivity index (χ2v) is 9.87. The minimum absolute atomic E-state index is 0.172. The Morgan fingerprint density at radius 1 is 0.688 bits per heavy atom. The fourth-order valence-corrected chi connectivity index (χ4v) is 5.15. The van der Waals surface area contributed by atoms with Crippen molar-refractivity contribution in [3.8, 4) is 11.1 Å². The minimum Gasteiger partial charge on any atom is -0.205 e. The van der Waals surface area contributed by atoms with Crippen molar-refractivity contribution in [1.29, 1.82) is 0 Å². The van der Waals surface area contributed by atoms with Gasteiger partial charge in [0.2, 0.25) is 0 Å². The third kappa shape index (κ3) is 6.23. The quantitative estimate of drug-likeness (QED) is 0.322. The van der Waals surface area contributed by atoms with Crippen LogP contribution in [0.25, 0.3) is 11.1 Å². The largest absolute Gasteiger partial charge is 0.205 e. The van der Waals surface area contributed by atoms with Crippen LogP contribution in [0, 0.1) is 17.7 Å². The average molecular weight is 449 g/mol. The van der Waals surface area contributed by atoms with E-state index in [1.165, 1.54) is 67.7 Å². The minimum atomic E-state index is -0.363. The molecular formula is C30H34ClF. The van der Waals surface area contributed by atoms with Gasteiger partial charge in [-0.05, 0) is 83.9 Å². The molecule has 0 amide bonds. The van der Waals surface area contributed by atoms with Gasteiger partial charge < -0.3 is 0 Å².